The van der Waals surface area contributed by atoms with Crippen LogP contribution in [0.1, 0.15) is 76.7 Å². The number of rotatable bonds is 13. The molecule has 0 aliphatic rings. The molecule has 1 rings (SSSR count). The molecule has 4 heteroatoms. The van der Waals surface area contributed by atoms with E-state index in [9.17, 15) is 8.42 Å². The number of benzene rings is 1. The lowest BCUT2D eigenvalue weighted by Gasteiger charge is -2.03. The third-order valence-corrected chi connectivity index (χ3v) is 4.65. The molecule has 0 saturated carbocycles. The van der Waals surface area contributed by atoms with Crippen LogP contribution in [0.3, 0.4) is 0 Å². The lowest BCUT2D eigenvalue weighted by molar-refractivity contribution is 0.487. The van der Waals surface area contributed by atoms with Crippen LogP contribution >= 0.6 is 0 Å². The highest BCUT2D eigenvalue weighted by Crippen LogP contribution is 2.12. The Balaban J connectivity index is 0.000000697. The van der Waals surface area contributed by atoms with Gasteiger partial charge >= 0.3 is 0 Å². The van der Waals surface area contributed by atoms with Gasteiger partial charge in [-0.05, 0) is 18.4 Å². The van der Waals surface area contributed by atoms with E-state index in [0.29, 0.717) is 0 Å². The van der Waals surface area contributed by atoms with Gasteiger partial charge < -0.3 is 0 Å². The third kappa shape index (κ3) is 19.0. The largest absolute Gasteiger partial charge is 0.285 e. The fraction of sp³-hybridized carbons (Fsp3) is 0.619. The zero-order valence-electron chi connectivity index (χ0n) is 15.8. The highest BCUT2D eigenvalue weighted by Gasteiger charge is 1.96. The predicted octanol–water partition coefficient (Wildman–Crippen LogP) is 6.21. The van der Waals surface area contributed by atoms with Crippen LogP contribution in [-0.2, 0) is 16.5 Å². The van der Waals surface area contributed by atoms with E-state index in [1.54, 1.807) is 0 Å². The molecule has 0 fully saturated rings. The molecule has 0 radical (unpaired) electrons. The van der Waals surface area contributed by atoms with Crippen molar-refractivity contribution in [3.8, 4) is 0 Å². The molecule has 25 heavy (non-hydrogen) atoms. The van der Waals surface area contributed by atoms with Gasteiger partial charge in [0, 0.05) is 0 Å². The van der Waals surface area contributed by atoms with E-state index in [1.807, 2.05) is 0 Å². The summed E-state index contributed by atoms with van der Waals surface area (Å²) < 4.78 is 27.3. The maximum Gasteiger partial charge on any atom is 0.268 e. The van der Waals surface area contributed by atoms with Crippen molar-refractivity contribution in [1.29, 1.82) is 0 Å². The molecule has 1 aromatic carbocycles. The second-order valence-electron chi connectivity index (χ2n) is 6.45. The Morgan fingerprint density at radius 2 is 1.36 bits per heavy atom. The Morgan fingerprint density at radius 1 is 0.880 bits per heavy atom. The molecule has 0 spiro atoms. The van der Waals surface area contributed by atoms with Crippen molar-refractivity contribution in [1.82, 2.24) is 0 Å². The third-order valence-electron chi connectivity index (χ3n) is 3.99. The Morgan fingerprint density at radius 3 is 1.76 bits per heavy atom. The summed E-state index contributed by atoms with van der Waals surface area (Å²) in [6.45, 7) is 5.39. The van der Waals surface area contributed by atoms with Crippen molar-refractivity contribution in [2.45, 2.75) is 77.6 Å². The van der Waals surface area contributed by atoms with Crippen molar-refractivity contribution in [2.75, 3.05) is 5.75 Å². The number of unbranched alkanes of at least 4 members (excludes halogenated alkanes) is 9. The molecule has 0 aliphatic heterocycles. The molecule has 144 valence electrons. The second-order valence-corrected chi connectivity index (χ2v) is 7.95. The van der Waals surface area contributed by atoms with Crippen molar-refractivity contribution < 1.29 is 13.0 Å². The molecular formula is C21H36O3S. The highest BCUT2D eigenvalue weighted by molar-refractivity contribution is 7.85. The maximum absolute atomic E-state index is 9.72. The average Bonchev–Trinajstić information content (AvgIpc) is 2.57. The van der Waals surface area contributed by atoms with Crippen LogP contribution < -0.4 is 0 Å². The summed E-state index contributed by atoms with van der Waals surface area (Å²) in [5.41, 5.74) is 1.50. The molecule has 1 N–H and O–H groups in total. The zero-order valence-corrected chi connectivity index (χ0v) is 16.6. The van der Waals surface area contributed by atoms with Crippen LogP contribution in [0.25, 0.3) is 0 Å². The standard InChI is InChI=1S/C18H30.C3H6O3S/c1-2-3-4-5-6-7-8-9-10-12-15-18-16-13-11-14-17-18;1-2-3-7(4,5)6/h11,13-14,16-17H,2-10,12,15H2,1H3;2H,1,3H2,(H,4,5,6). The molecule has 3 nitrogen and oxygen atoms in total. The van der Waals surface area contributed by atoms with Gasteiger partial charge in [0.2, 0.25) is 0 Å². The minimum atomic E-state index is -3.79. The van der Waals surface area contributed by atoms with Gasteiger partial charge in [0.25, 0.3) is 10.1 Å². The van der Waals surface area contributed by atoms with Crippen LogP contribution in [0, 0.1) is 0 Å². The fourth-order valence-corrected chi connectivity index (χ4v) is 2.91. The first-order chi connectivity index (χ1) is 12.0. The van der Waals surface area contributed by atoms with E-state index in [-0.39, 0.29) is 5.75 Å². The van der Waals surface area contributed by atoms with Crippen molar-refractivity contribution >= 4 is 10.1 Å². The van der Waals surface area contributed by atoms with Crippen LogP contribution in [-0.4, -0.2) is 18.7 Å². The lowest BCUT2D eigenvalue weighted by atomic mass is 10.0. The van der Waals surface area contributed by atoms with E-state index < -0.39 is 10.1 Å². The summed E-state index contributed by atoms with van der Waals surface area (Å²) >= 11 is 0. The number of aryl methyl sites for hydroxylation is 1. The van der Waals surface area contributed by atoms with Crippen LogP contribution in [0.5, 0.6) is 0 Å². The van der Waals surface area contributed by atoms with Gasteiger partial charge in [-0.1, -0.05) is 101 Å². The number of hydrogen-bond acceptors (Lipinski definition) is 2. The minimum Gasteiger partial charge on any atom is -0.285 e. The molecule has 1 aromatic rings. The molecule has 0 atom stereocenters. The molecule has 0 aromatic heterocycles. The van der Waals surface area contributed by atoms with E-state index in [2.05, 4.69) is 43.8 Å². The lowest BCUT2D eigenvalue weighted by Crippen LogP contribution is -1.99. The van der Waals surface area contributed by atoms with Gasteiger partial charge in [0.15, 0.2) is 0 Å². The number of hydrogen-bond donors (Lipinski definition) is 1. The first kappa shape index (κ1) is 23.9. The summed E-state index contributed by atoms with van der Waals surface area (Å²) in [6.07, 6.45) is 16.6. The molecule has 0 saturated heterocycles. The molecule has 0 amide bonds. The van der Waals surface area contributed by atoms with E-state index >= 15 is 0 Å². The van der Waals surface area contributed by atoms with Crippen molar-refractivity contribution in [3.63, 3.8) is 0 Å². The summed E-state index contributed by atoms with van der Waals surface area (Å²) in [6, 6.07) is 10.9. The van der Waals surface area contributed by atoms with Crippen molar-refractivity contribution in [2.24, 2.45) is 0 Å². The second kappa shape index (κ2) is 16.3. The molecule has 0 unspecified atom stereocenters. The van der Waals surface area contributed by atoms with Gasteiger partial charge in [0.05, 0.1) is 5.75 Å². The quantitative estimate of drug-likeness (QED) is 0.256. The van der Waals surface area contributed by atoms with Crippen molar-refractivity contribution in [3.05, 3.63) is 48.6 Å². The Kier molecular flexibility index (Phi) is 15.6. The van der Waals surface area contributed by atoms with Gasteiger partial charge in [-0.3, -0.25) is 4.55 Å². The first-order valence-corrected chi connectivity index (χ1v) is 11.2. The zero-order chi connectivity index (χ0) is 18.8. The van der Waals surface area contributed by atoms with E-state index in [4.69, 9.17) is 4.55 Å². The SMILES string of the molecule is C=CCS(=O)(=O)O.CCCCCCCCCCCCc1ccccc1. The van der Waals surface area contributed by atoms with Crippen LogP contribution in [0.4, 0.5) is 0 Å². The van der Waals surface area contributed by atoms with Gasteiger partial charge in [-0.25, -0.2) is 0 Å². The predicted molar refractivity (Wildman–Crippen MR) is 109 cm³/mol. The molecular weight excluding hydrogens is 332 g/mol. The highest BCUT2D eigenvalue weighted by atomic mass is 32.2. The first-order valence-electron chi connectivity index (χ1n) is 9.59. The summed E-state index contributed by atoms with van der Waals surface area (Å²) in [5, 5.41) is 0. The topological polar surface area (TPSA) is 54.4 Å². The maximum atomic E-state index is 9.72. The summed E-state index contributed by atoms with van der Waals surface area (Å²) in [4.78, 5) is 0. The average molecular weight is 369 g/mol. The molecule has 0 aliphatic carbocycles. The fourth-order valence-electron chi connectivity index (χ4n) is 2.61. The Labute approximate surface area is 155 Å². The minimum absolute atomic E-state index is 0.368. The smallest absolute Gasteiger partial charge is 0.268 e. The van der Waals surface area contributed by atoms with Gasteiger partial charge in [0.1, 0.15) is 0 Å². The van der Waals surface area contributed by atoms with Crippen LogP contribution in [0.15, 0.2) is 43.0 Å². The molecule has 0 bridgehead atoms. The van der Waals surface area contributed by atoms with Gasteiger partial charge in [-0.15, -0.1) is 6.58 Å². The van der Waals surface area contributed by atoms with Crippen LogP contribution in [0.2, 0.25) is 0 Å². The summed E-state index contributed by atoms with van der Waals surface area (Å²) in [7, 11) is -3.79. The van der Waals surface area contributed by atoms with E-state index in [0.717, 1.165) is 6.08 Å². The molecule has 0 heterocycles. The normalized spacial score (nSPS) is 10.8. The van der Waals surface area contributed by atoms with Gasteiger partial charge in [-0.2, -0.15) is 8.42 Å². The Hall–Kier alpha value is -1.13. The Bertz CT molecular complexity index is 509. The monoisotopic (exact) mass is 368 g/mol. The summed E-state index contributed by atoms with van der Waals surface area (Å²) in [5.74, 6) is -0.368. The van der Waals surface area contributed by atoms with E-state index in [1.165, 1.54) is 76.2 Å².